The number of likely N-dealkylation sites (tertiary alicyclic amines) is 1. The zero-order valence-electron chi connectivity index (χ0n) is 38.7. The minimum Gasteiger partial charge on any atom is -0.455 e. The van der Waals surface area contributed by atoms with Crippen LogP contribution >= 0.6 is 11.6 Å². The Balaban J connectivity index is 0.948. The molecule has 17 heteroatoms. The minimum atomic E-state index is -4.57. The third-order valence-electron chi connectivity index (χ3n) is 13.0. The Bertz CT molecular complexity index is 2710. The zero-order chi connectivity index (χ0) is 47.3. The fourth-order valence-corrected chi connectivity index (χ4v) is 10.5. The lowest BCUT2D eigenvalue weighted by atomic mass is 9.72. The molecular formula is C50H61ClN8O7S. The summed E-state index contributed by atoms with van der Waals surface area (Å²) in [5.41, 5.74) is 5.55. The summed E-state index contributed by atoms with van der Waals surface area (Å²) in [4.78, 5) is 39.7. The number of aromatic nitrogens is 2. The summed E-state index contributed by atoms with van der Waals surface area (Å²) in [5, 5.41) is 16.8. The fraction of sp³-hybridized carbons (Fsp3) is 0.440. The molecule has 2 fully saturated rings. The lowest BCUT2D eigenvalue weighted by Crippen LogP contribution is -2.47. The molecule has 1 amide bonds. The molecule has 0 unspecified atom stereocenters. The molecule has 3 N–H and O–H groups in total. The van der Waals surface area contributed by atoms with Crippen LogP contribution in [0.3, 0.4) is 0 Å². The number of aromatic amines is 1. The van der Waals surface area contributed by atoms with Gasteiger partial charge < -0.3 is 29.6 Å². The van der Waals surface area contributed by atoms with E-state index >= 15 is 0 Å². The van der Waals surface area contributed by atoms with Crippen molar-refractivity contribution >= 4 is 61.2 Å². The number of piperazine rings is 1. The van der Waals surface area contributed by atoms with Gasteiger partial charge in [-0.1, -0.05) is 43.2 Å². The molecule has 0 spiro atoms. The summed E-state index contributed by atoms with van der Waals surface area (Å²) in [6.45, 7) is 15.9. The van der Waals surface area contributed by atoms with Crippen molar-refractivity contribution in [1.82, 2.24) is 24.5 Å². The van der Waals surface area contributed by atoms with Crippen LogP contribution in [0.2, 0.25) is 5.02 Å². The van der Waals surface area contributed by atoms with Crippen LogP contribution in [-0.2, 0) is 14.8 Å². The maximum Gasteiger partial charge on any atom is 0.293 e. The van der Waals surface area contributed by atoms with Gasteiger partial charge in [0.25, 0.3) is 21.6 Å². The number of pyridine rings is 1. The number of halogens is 1. The van der Waals surface area contributed by atoms with E-state index in [1.807, 2.05) is 32.0 Å². The maximum atomic E-state index is 14.0. The van der Waals surface area contributed by atoms with Crippen LogP contribution < -0.4 is 19.7 Å². The van der Waals surface area contributed by atoms with Gasteiger partial charge in [-0.25, -0.2) is 18.1 Å². The Morgan fingerprint density at radius 3 is 2.48 bits per heavy atom. The molecule has 2 aromatic heterocycles. The predicted octanol–water partition coefficient (Wildman–Crippen LogP) is 9.51. The first-order valence-electron chi connectivity index (χ1n) is 23.3. The number of piperidine rings is 1. The number of fused-ring (bicyclic) bond motifs is 1. The van der Waals surface area contributed by atoms with Gasteiger partial charge >= 0.3 is 0 Å². The number of amides is 1. The van der Waals surface area contributed by atoms with Crippen molar-refractivity contribution in [3.05, 3.63) is 117 Å². The number of nitrogens with one attached hydrogen (secondary N) is 3. The molecule has 67 heavy (non-hydrogen) atoms. The molecule has 3 aliphatic rings. The number of benzene rings is 3. The molecule has 4 heterocycles. The number of sulfonamides is 1. The van der Waals surface area contributed by atoms with Gasteiger partial charge in [-0.15, -0.1) is 0 Å². The van der Waals surface area contributed by atoms with Crippen LogP contribution in [-0.4, -0.2) is 110 Å². The van der Waals surface area contributed by atoms with E-state index in [-0.39, 0.29) is 34.6 Å². The fourth-order valence-electron chi connectivity index (χ4n) is 9.37. The molecule has 15 nitrogen and oxygen atoms in total. The molecule has 8 rings (SSSR count). The number of rotatable bonds is 17. The third kappa shape index (κ3) is 12.1. The summed E-state index contributed by atoms with van der Waals surface area (Å²) in [5.74, 6) is -0.469. The number of carbonyl (C=O) groups excluding carboxylic acids is 1. The predicted molar refractivity (Wildman–Crippen MR) is 264 cm³/mol. The second-order valence-corrected chi connectivity index (χ2v) is 21.1. The van der Waals surface area contributed by atoms with E-state index in [4.69, 9.17) is 21.1 Å². The molecule has 3 aromatic carbocycles. The highest BCUT2D eigenvalue weighted by Crippen LogP contribution is 2.43. The summed E-state index contributed by atoms with van der Waals surface area (Å²) in [7, 11) is -4.57. The number of H-pyrrole nitrogens is 1. The summed E-state index contributed by atoms with van der Waals surface area (Å²) < 4.78 is 42.0. The second-order valence-electron chi connectivity index (χ2n) is 18.9. The van der Waals surface area contributed by atoms with Crippen molar-refractivity contribution in [3.8, 4) is 11.5 Å². The first-order chi connectivity index (χ1) is 32.1. The molecule has 2 saturated heterocycles. The van der Waals surface area contributed by atoms with Gasteiger partial charge in [0, 0.05) is 86.8 Å². The summed E-state index contributed by atoms with van der Waals surface area (Å²) in [6, 6.07) is 20.5. The second kappa shape index (κ2) is 20.8. The molecule has 1 aliphatic carbocycles. The number of nitrogens with zero attached hydrogens (tertiary/aromatic N) is 5. The number of hydrogen-bond donors (Lipinski definition) is 3. The van der Waals surface area contributed by atoms with E-state index in [0.29, 0.717) is 17.9 Å². The van der Waals surface area contributed by atoms with E-state index in [1.54, 1.807) is 30.5 Å². The van der Waals surface area contributed by atoms with Crippen LogP contribution in [0, 0.1) is 15.5 Å². The molecule has 0 saturated carbocycles. The highest BCUT2D eigenvalue weighted by atomic mass is 35.5. The minimum absolute atomic E-state index is 0.0357. The van der Waals surface area contributed by atoms with Crippen molar-refractivity contribution in [1.29, 1.82) is 0 Å². The van der Waals surface area contributed by atoms with Gasteiger partial charge in [0.05, 0.1) is 33.8 Å². The first-order valence-corrected chi connectivity index (χ1v) is 25.1. The first kappa shape index (κ1) is 48.0. The Morgan fingerprint density at radius 1 is 0.985 bits per heavy atom. The topological polar surface area (TPSA) is 175 Å². The number of nitro benzene ring substituents is 1. The molecule has 5 aromatic rings. The van der Waals surface area contributed by atoms with Crippen LogP contribution in [0.15, 0.2) is 95.7 Å². The highest BCUT2D eigenvalue weighted by Gasteiger charge is 2.31. The van der Waals surface area contributed by atoms with E-state index in [9.17, 15) is 23.3 Å². The van der Waals surface area contributed by atoms with Gasteiger partial charge in [-0.2, -0.15) is 0 Å². The molecular weight excluding hydrogens is 892 g/mol. The Hall–Kier alpha value is -5.52. The Kier molecular flexibility index (Phi) is 14.9. The smallest absolute Gasteiger partial charge is 0.293 e. The number of hydrogen-bond acceptors (Lipinski definition) is 12. The van der Waals surface area contributed by atoms with Crippen molar-refractivity contribution in [3.63, 3.8) is 0 Å². The largest absolute Gasteiger partial charge is 0.455 e. The van der Waals surface area contributed by atoms with Crippen LogP contribution in [0.5, 0.6) is 11.5 Å². The molecule has 0 atom stereocenters. The number of ether oxygens (including phenoxy) is 2. The lowest BCUT2D eigenvalue weighted by Gasteiger charge is -2.39. The van der Waals surface area contributed by atoms with E-state index in [0.717, 1.165) is 113 Å². The van der Waals surface area contributed by atoms with Gasteiger partial charge in [0.15, 0.2) is 0 Å². The number of nitro groups is 1. The molecule has 2 aliphatic heterocycles. The monoisotopic (exact) mass is 952 g/mol. The van der Waals surface area contributed by atoms with Gasteiger partial charge in [0.1, 0.15) is 22.8 Å². The number of carbonyl (C=O) groups is 1. The Morgan fingerprint density at radius 2 is 1.75 bits per heavy atom. The van der Waals surface area contributed by atoms with Gasteiger partial charge in [-0.05, 0) is 124 Å². The molecule has 0 radical (unpaired) electrons. The Labute approximate surface area is 398 Å². The van der Waals surface area contributed by atoms with E-state index < -0.39 is 31.4 Å². The quantitative estimate of drug-likeness (QED) is 0.0458. The summed E-state index contributed by atoms with van der Waals surface area (Å²) >= 11 is 6.25. The molecule has 0 bridgehead atoms. The third-order valence-corrected chi connectivity index (χ3v) is 14.6. The number of allylic oxidation sites excluding steroid dienone is 1. The zero-order valence-corrected chi connectivity index (χ0v) is 40.3. The molecule has 356 valence electrons. The van der Waals surface area contributed by atoms with Gasteiger partial charge in [-0.3, -0.25) is 19.8 Å². The van der Waals surface area contributed by atoms with Crippen LogP contribution in [0.1, 0.15) is 82.1 Å². The van der Waals surface area contributed by atoms with E-state index in [2.05, 4.69) is 60.7 Å². The average molecular weight is 954 g/mol. The number of anilines is 2. The van der Waals surface area contributed by atoms with Crippen LogP contribution in [0.4, 0.5) is 17.1 Å². The SMILES string of the molecule is CC(C)OC1CCN(CCCNc2ccc(S(=O)(=O)NC(=O)c3ccc(N4CCN(CC5=C(c6ccc(Cl)cc6)CC(C)(C)CC5)CC4)cc3Oc3cnc4[nH]ccc4c3)cc2[N+](=O)[O-])CC1. The maximum absolute atomic E-state index is 14.0. The van der Waals surface area contributed by atoms with Crippen LogP contribution in [0.25, 0.3) is 16.6 Å². The highest BCUT2D eigenvalue weighted by molar-refractivity contribution is 7.90. The van der Waals surface area contributed by atoms with E-state index in [1.165, 1.54) is 35.0 Å². The summed E-state index contributed by atoms with van der Waals surface area (Å²) in [6.07, 6.45) is 9.63. The van der Waals surface area contributed by atoms with Crippen molar-refractivity contribution < 1.29 is 27.6 Å². The normalized spacial score (nSPS) is 17.6. The average Bonchev–Trinajstić information content (AvgIpc) is 3.77. The standard InChI is InChI=1S/C50H61ClN8O7S/c1-34(2)65-40-16-22-56(23-17-40)21-5-19-52-45-13-11-42(30-46(45)59(61)62)67(63,64)55-49(60)43-12-10-39(29-47(43)66-41-28-36-15-20-53-48(36)54-32-41)58-26-24-57(25-27-58)33-37-14-18-50(3,4)31-44(37)35-6-8-38(51)9-7-35/h6-13,15,20,28-30,32,34,40,52H,5,14,16-19,21-27,31,33H2,1-4H3,(H,53,54)(H,55,60). The van der Waals surface area contributed by atoms with Crippen molar-refractivity contribution in [2.75, 3.05) is 69.1 Å². The van der Waals surface area contributed by atoms with Crippen molar-refractivity contribution in [2.45, 2.75) is 83.3 Å². The lowest BCUT2D eigenvalue weighted by molar-refractivity contribution is -0.384. The van der Waals surface area contributed by atoms with Crippen molar-refractivity contribution in [2.24, 2.45) is 5.41 Å². The van der Waals surface area contributed by atoms with Gasteiger partial charge in [0.2, 0.25) is 0 Å².